The molecule has 0 saturated heterocycles. The SMILES string of the molecule is COc1ccc(S(=O)(=O)N(C)C(C)C(=O)O)c(C)c1F. The van der Waals surface area contributed by atoms with Gasteiger partial charge in [-0.15, -0.1) is 0 Å². The minimum absolute atomic E-state index is 0.0737. The Hall–Kier alpha value is -1.67. The second kappa shape index (κ2) is 5.76. The molecule has 1 rings (SSSR count). The van der Waals surface area contributed by atoms with Crippen LogP contribution in [-0.2, 0) is 14.8 Å². The molecule has 1 atom stereocenters. The van der Waals surface area contributed by atoms with Gasteiger partial charge in [-0.3, -0.25) is 4.79 Å². The number of carboxylic acid groups (broad SMARTS) is 1. The maximum atomic E-state index is 13.9. The second-order valence-electron chi connectivity index (χ2n) is 4.24. The fourth-order valence-electron chi connectivity index (χ4n) is 1.60. The van der Waals surface area contributed by atoms with Crippen LogP contribution in [0.15, 0.2) is 17.0 Å². The highest BCUT2D eigenvalue weighted by molar-refractivity contribution is 7.89. The molecule has 112 valence electrons. The number of aliphatic carboxylic acids is 1. The highest BCUT2D eigenvalue weighted by Crippen LogP contribution is 2.28. The van der Waals surface area contributed by atoms with Gasteiger partial charge in [-0.2, -0.15) is 4.31 Å². The smallest absolute Gasteiger partial charge is 0.321 e. The van der Waals surface area contributed by atoms with E-state index in [2.05, 4.69) is 0 Å². The Kier molecular flexibility index (Phi) is 4.72. The maximum Gasteiger partial charge on any atom is 0.321 e. The first-order chi connectivity index (χ1) is 9.14. The number of carboxylic acids is 1. The number of halogens is 1. The molecule has 0 amide bonds. The van der Waals surface area contributed by atoms with Crippen LogP contribution in [0.4, 0.5) is 4.39 Å². The van der Waals surface area contributed by atoms with Gasteiger partial charge in [0.25, 0.3) is 0 Å². The molecule has 6 nitrogen and oxygen atoms in total. The van der Waals surface area contributed by atoms with Crippen LogP contribution in [0.25, 0.3) is 0 Å². The zero-order valence-corrected chi connectivity index (χ0v) is 12.4. The summed E-state index contributed by atoms with van der Waals surface area (Å²) in [7, 11) is -1.70. The first-order valence-electron chi connectivity index (χ1n) is 5.68. The van der Waals surface area contributed by atoms with Crippen LogP contribution < -0.4 is 4.74 Å². The number of nitrogens with zero attached hydrogens (tertiary/aromatic N) is 1. The molecule has 0 radical (unpaired) electrons. The van der Waals surface area contributed by atoms with E-state index < -0.39 is 27.9 Å². The van der Waals surface area contributed by atoms with Gasteiger partial charge in [-0.05, 0) is 26.0 Å². The number of ether oxygens (including phenoxy) is 1. The van der Waals surface area contributed by atoms with Gasteiger partial charge in [0.2, 0.25) is 10.0 Å². The third-order valence-corrected chi connectivity index (χ3v) is 5.15. The predicted molar refractivity (Wildman–Crippen MR) is 69.7 cm³/mol. The number of methoxy groups -OCH3 is 1. The van der Waals surface area contributed by atoms with E-state index in [1.54, 1.807) is 0 Å². The van der Waals surface area contributed by atoms with Gasteiger partial charge in [-0.25, -0.2) is 12.8 Å². The molecule has 1 unspecified atom stereocenters. The first-order valence-corrected chi connectivity index (χ1v) is 7.12. The van der Waals surface area contributed by atoms with Crippen molar-refractivity contribution in [3.05, 3.63) is 23.5 Å². The molecule has 1 aromatic carbocycles. The molecule has 0 aliphatic heterocycles. The van der Waals surface area contributed by atoms with Crippen LogP contribution in [0.1, 0.15) is 12.5 Å². The monoisotopic (exact) mass is 305 g/mol. The minimum atomic E-state index is -4.10. The molecule has 20 heavy (non-hydrogen) atoms. The van der Waals surface area contributed by atoms with Gasteiger partial charge in [-0.1, -0.05) is 0 Å². The first kappa shape index (κ1) is 16.4. The highest BCUT2D eigenvalue weighted by atomic mass is 32.2. The van der Waals surface area contributed by atoms with Crippen molar-refractivity contribution >= 4 is 16.0 Å². The quantitative estimate of drug-likeness (QED) is 0.884. The lowest BCUT2D eigenvalue weighted by molar-refractivity contribution is -0.140. The fourth-order valence-corrected chi connectivity index (χ4v) is 3.13. The van der Waals surface area contributed by atoms with Gasteiger partial charge >= 0.3 is 5.97 Å². The van der Waals surface area contributed by atoms with Crippen molar-refractivity contribution in [3.8, 4) is 5.75 Å². The zero-order chi connectivity index (χ0) is 15.7. The van der Waals surface area contributed by atoms with Crippen molar-refractivity contribution in [2.45, 2.75) is 24.8 Å². The molecule has 0 saturated carbocycles. The normalized spacial score (nSPS) is 13.3. The second-order valence-corrected chi connectivity index (χ2v) is 6.21. The van der Waals surface area contributed by atoms with E-state index in [0.29, 0.717) is 4.31 Å². The minimum Gasteiger partial charge on any atom is -0.494 e. The Bertz CT molecular complexity index is 629. The van der Waals surface area contributed by atoms with Crippen molar-refractivity contribution in [1.82, 2.24) is 4.31 Å². The summed E-state index contributed by atoms with van der Waals surface area (Å²) in [6.07, 6.45) is 0. The number of sulfonamides is 1. The van der Waals surface area contributed by atoms with Crippen molar-refractivity contribution < 1.29 is 27.4 Å². The van der Waals surface area contributed by atoms with Crippen LogP contribution in [-0.4, -0.2) is 44.0 Å². The summed E-state index contributed by atoms with van der Waals surface area (Å²) >= 11 is 0. The van der Waals surface area contributed by atoms with Crippen molar-refractivity contribution in [2.24, 2.45) is 0 Å². The molecule has 0 bridgehead atoms. The Labute approximate surface area is 116 Å². The van der Waals surface area contributed by atoms with Crippen LogP contribution in [0.3, 0.4) is 0 Å². The summed E-state index contributed by atoms with van der Waals surface area (Å²) in [5.74, 6) is -2.15. The average molecular weight is 305 g/mol. The van der Waals surface area contributed by atoms with Crippen molar-refractivity contribution in [2.75, 3.05) is 14.2 Å². The highest BCUT2D eigenvalue weighted by Gasteiger charge is 2.31. The van der Waals surface area contributed by atoms with Gasteiger partial charge in [0, 0.05) is 12.6 Å². The van der Waals surface area contributed by atoms with Gasteiger partial charge in [0.05, 0.1) is 12.0 Å². The number of hydrogen-bond donors (Lipinski definition) is 1. The number of benzene rings is 1. The molecule has 0 heterocycles. The van der Waals surface area contributed by atoms with Crippen LogP contribution in [0.2, 0.25) is 0 Å². The predicted octanol–water partition coefficient (Wildman–Crippen LogP) is 1.24. The van der Waals surface area contributed by atoms with E-state index in [9.17, 15) is 17.6 Å². The van der Waals surface area contributed by atoms with E-state index in [0.717, 1.165) is 7.05 Å². The summed E-state index contributed by atoms with van der Waals surface area (Å²) in [4.78, 5) is 10.6. The maximum absolute atomic E-state index is 13.9. The third kappa shape index (κ3) is 2.75. The number of rotatable bonds is 5. The van der Waals surface area contributed by atoms with Gasteiger partial charge in [0.15, 0.2) is 11.6 Å². The molecule has 0 aliphatic rings. The Morgan fingerprint density at radius 3 is 2.45 bits per heavy atom. The number of hydrogen-bond acceptors (Lipinski definition) is 4. The Balaban J connectivity index is 3.37. The summed E-state index contributed by atoms with van der Waals surface area (Å²) in [6, 6.07) is 1.12. The molecule has 1 N–H and O–H groups in total. The van der Waals surface area contributed by atoms with Crippen molar-refractivity contribution in [3.63, 3.8) is 0 Å². The summed E-state index contributed by atoms with van der Waals surface area (Å²) in [6.45, 7) is 2.53. The summed E-state index contributed by atoms with van der Waals surface area (Å²) in [5.41, 5.74) is -0.117. The molecule has 8 heteroatoms. The zero-order valence-electron chi connectivity index (χ0n) is 11.5. The van der Waals surface area contributed by atoms with E-state index in [-0.39, 0.29) is 16.2 Å². The van der Waals surface area contributed by atoms with Gasteiger partial charge in [0.1, 0.15) is 6.04 Å². The standard InChI is InChI=1S/C12H16FNO5S/c1-7-10(6-5-9(19-4)11(7)13)20(17,18)14(3)8(2)12(15)16/h5-6,8H,1-4H3,(H,15,16). The van der Waals surface area contributed by atoms with E-state index in [4.69, 9.17) is 9.84 Å². The largest absolute Gasteiger partial charge is 0.494 e. The molecular weight excluding hydrogens is 289 g/mol. The molecule has 0 aromatic heterocycles. The molecule has 0 aliphatic carbocycles. The molecule has 0 fully saturated rings. The number of likely N-dealkylation sites (N-methyl/N-ethyl adjacent to an activating group) is 1. The third-order valence-electron chi connectivity index (χ3n) is 3.08. The molecular formula is C12H16FNO5S. The lowest BCUT2D eigenvalue weighted by atomic mass is 10.2. The topological polar surface area (TPSA) is 83.9 Å². The Morgan fingerprint density at radius 1 is 1.45 bits per heavy atom. The van der Waals surface area contributed by atoms with Gasteiger partial charge < -0.3 is 9.84 Å². The van der Waals surface area contributed by atoms with E-state index in [1.165, 1.54) is 33.1 Å². The number of carbonyl (C=O) groups is 1. The molecule has 0 spiro atoms. The van der Waals surface area contributed by atoms with Crippen LogP contribution >= 0.6 is 0 Å². The van der Waals surface area contributed by atoms with E-state index in [1.807, 2.05) is 0 Å². The molecule has 1 aromatic rings. The van der Waals surface area contributed by atoms with Crippen LogP contribution in [0.5, 0.6) is 5.75 Å². The summed E-state index contributed by atoms with van der Waals surface area (Å²) < 4.78 is 43.9. The van der Waals surface area contributed by atoms with Crippen LogP contribution in [0, 0.1) is 12.7 Å². The van der Waals surface area contributed by atoms with E-state index >= 15 is 0 Å². The lowest BCUT2D eigenvalue weighted by Gasteiger charge is -2.22. The summed E-state index contributed by atoms with van der Waals surface area (Å²) in [5, 5.41) is 8.87. The fraction of sp³-hybridized carbons (Fsp3) is 0.417. The Morgan fingerprint density at radius 2 is 2.00 bits per heavy atom. The average Bonchev–Trinajstić information content (AvgIpc) is 2.39. The lowest BCUT2D eigenvalue weighted by Crippen LogP contribution is -2.40. The van der Waals surface area contributed by atoms with Crippen molar-refractivity contribution in [1.29, 1.82) is 0 Å².